The molecule has 2 heterocycles. The number of piperidine rings is 1. The number of likely N-dealkylation sites (tertiary alicyclic amines) is 2. The van der Waals surface area contributed by atoms with E-state index >= 15 is 0 Å². The van der Waals surface area contributed by atoms with Gasteiger partial charge in [-0.15, -0.1) is 0 Å². The Labute approximate surface area is 118 Å². The smallest absolute Gasteiger partial charge is 0.191 e. The maximum absolute atomic E-state index is 6.10. The van der Waals surface area contributed by atoms with Crippen molar-refractivity contribution in [2.45, 2.75) is 39.5 Å². The zero-order valence-electron chi connectivity index (χ0n) is 12.6. The van der Waals surface area contributed by atoms with Gasteiger partial charge in [0.25, 0.3) is 0 Å². The molecule has 0 bridgehead atoms. The number of hydrogen-bond donors (Lipinski definition) is 1. The fourth-order valence-corrected chi connectivity index (χ4v) is 3.19. The van der Waals surface area contributed by atoms with E-state index < -0.39 is 0 Å². The molecule has 110 valence electrons. The standard InChI is InChI=1S/C15H30N4/c1-13(2)11-18-9-6-14(12-18)10-17-15(16)19-7-4-3-5-8-19/h13-14H,3-12H2,1-2H3,(H2,16,17). The second-order valence-corrected chi connectivity index (χ2v) is 6.55. The first-order valence-electron chi connectivity index (χ1n) is 7.92. The summed E-state index contributed by atoms with van der Waals surface area (Å²) in [6.45, 7) is 11.4. The quantitative estimate of drug-likeness (QED) is 0.623. The second-order valence-electron chi connectivity index (χ2n) is 6.55. The highest BCUT2D eigenvalue weighted by Crippen LogP contribution is 2.18. The van der Waals surface area contributed by atoms with E-state index in [0.29, 0.717) is 5.92 Å². The predicted molar refractivity (Wildman–Crippen MR) is 81.3 cm³/mol. The van der Waals surface area contributed by atoms with Crippen LogP contribution in [0.5, 0.6) is 0 Å². The lowest BCUT2D eigenvalue weighted by Crippen LogP contribution is -2.41. The molecule has 4 heteroatoms. The Morgan fingerprint density at radius 2 is 1.95 bits per heavy atom. The molecule has 19 heavy (non-hydrogen) atoms. The van der Waals surface area contributed by atoms with Crippen LogP contribution >= 0.6 is 0 Å². The normalized spacial score (nSPS) is 26.4. The van der Waals surface area contributed by atoms with Crippen molar-refractivity contribution in [1.29, 1.82) is 0 Å². The molecule has 0 saturated carbocycles. The monoisotopic (exact) mass is 266 g/mol. The molecule has 2 aliphatic heterocycles. The van der Waals surface area contributed by atoms with Gasteiger partial charge in [0.1, 0.15) is 0 Å². The van der Waals surface area contributed by atoms with Crippen molar-refractivity contribution in [1.82, 2.24) is 9.80 Å². The predicted octanol–water partition coefficient (Wildman–Crippen LogP) is 1.76. The molecule has 1 unspecified atom stereocenters. The largest absolute Gasteiger partial charge is 0.370 e. The summed E-state index contributed by atoms with van der Waals surface area (Å²) in [5.74, 6) is 2.25. The van der Waals surface area contributed by atoms with Crippen LogP contribution in [0, 0.1) is 11.8 Å². The molecule has 0 aromatic carbocycles. The van der Waals surface area contributed by atoms with E-state index in [0.717, 1.165) is 31.5 Å². The van der Waals surface area contributed by atoms with E-state index in [9.17, 15) is 0 Å². The van der Waals surface area contributed by atoms with Crippen molar-refractivity contribution in [3.8, 4) is 0 Å². The highest BCUT2D eigenvalue weighted by atomic mass is 15.3. The Balaban J connectivity index is 1.72. The first-order valence-corrected chi connectivity index (χ1v) is 7.92. The number of nitrogens with two attached hydrogens (primary N) is 1. The van der Waals surface area contributed by atoms with Crippen LogP contribution < -0.4 is 5.73 Å². The third kappa shape index (κ3) is 4.68. The maximum atomic E-state index is 6.10. The lowest BCUT2D eigenvalue weighted by atomic mass is 10.1. The summed E-state index contributed by atoms with van der Waals surface area (Å²) >= 11 is 0. The van der Waals surface area contributed by atoms with Crippen molar-refractivity contribution >= 4 is 5.96 Å². The van der Waals surface area contributed by atoms with Crippen molar-refractivity contribution in [2.75, 3.05) is 39.3 Å². The van der Waals surface area contributed by atoms with Crippen molar-refractivity contribution in [3.63, 3.8) is 0 Å². The Kier molecular flexibility index (Phi) is 5.49. The molecule has 2 N–H and O–H groups in total. The zero-order valence-corrected chi connectivity index (χ0v) is 12.6. The molecular weight excluding hydrogens is 236 g/mol. The van der Waals surface area contributed by atoms with E-state index in [2.05, 4.69) is 28.6 Å². The molecule has 0 aromatic rings. The highest BCUT2D eigenvalue weighted by molar-refractivity contribution is 5.78. The molecule has 0 aromatic heterocycles. The van der Waals surface area contributed by atoms with Crippen LogP contribution in [0.25, 0.3) is 0 Å². The summed E-state index contributed by atoms with van der Waals surface area (Å²) in [6.07, 6.45) is 5.16. The molecule has 1 atom stereocenters. The van der Waals surface area contributed by atoms with Crippen LogP contribution in [0.4, 0.5) is 0 Å². The lowest BCUT2D eigenvalue weighted by molar-refractivity contribution is 0.288. The SMILES string of the molecule is CC(C)CN1CCC(CN=C(N)N2CCCCC2)C1. The van der Waals surface area contributed by atoms with E-state index in [-0.39, 0.29) is 0 Å². The highest BCUT2D eigenvalue weighted by Gasteiger charge is 2.22. The molecule has 4 nitrogen and oxygen atoms in total. The summed E-state index contributed by atoms with van der Waals surface area (Å²) in [6, 6.07) is 0. The molecule has 2 aliphatic rings. The zero-order chi connectivity index (χ0) is 13.7. The molecule has 0 amide bonds. The van der Waals surface area contributed by atoms with E-state index in [1.807, 2.05) is 0 Å². The first-order chi connectivity index (χ1) is 9.15. The summed E-state index contributed by atoms with van der Waals surface area (Å²) < 4.78 is 0. The third-order valence-electron chi connectivity index (χ3n) is 4.18. The summed E-state index contributed by atoms with van der Waals surface area (Å²) in [7, 11) is 0. The van der Waals surface area contributed by atoms with Crippen LogP contribution in [-0.4, -0.2) is 55.0 Å². The molecular formula is C15H30N4. The van der Waals surface area contributed by atoms with Crippen molar-refractivity contribution in [3.05, 3.63) is 0 Å². The van der Waals surface area contributed by atoms with Gasteiger partial charge in [0.2, 0.25) is 0 Å². The fourth-order valence-electron chi connectivity index (χ4n) is 3.19. The van der Waals surface area contributed by atoms with Gasteiger partial charge in [-0.05, 0) is 44.1 Å². The first kappa shape index (κ1) is 14.6. The topological polar surface area (TPSA) is 44.9 Å². The van der Waals surface area contributed by atoms with Gasteiger partial charge in [-0.3, -0.25) is 4.99 Å². The van der Waals surface area contributed by atoms with E-state index in [1.54, 1.807) is 0 Å². The third-order valence-corrected chi connectivity index (χ3v) is 4.18. The van der Waals surface area contributed by atoms with Gasteiger partial charge in [-0.25, -0.2) is 0 Å². The van der Waals surface area contributed by atoms with Crippen LogP contribution in [0.2, 0.25) is 0 Å². The van der Waals surface area contributed by atoms with E-state index in [4.69, 9.17) is 5.73 Å². The number of rotatable bonds is 4. The molecule has 2 fully saturated rings. The van der Waals surface area contributed by atoms with Gasteiger partial charge >= 0.3 is 0 Å². The van der Waals surface area contributed by atoms with Gasteiger partial charge in [0, 0.05) is 32.7 Å². The molecule has 0 aliphatic carbocycles. The minimum absolute atomic E-state index is 0.710. The average molecular weight is 266 g/mol. The Bertz CT molecular complexity index is 295. The van der Waals surface area contributed by atoms with Gasteiger partial charge in [-0.1, -0.05) is 13.8 Å². The van der Waals surface area contributed by atoms with Crippen LogP contribution in [0.3, 0.4) is 0 Å². The van der Waals surface area contributed by atoms with Crippen molar-refractivity contribution in [2.24, 2.45) is 22.6 Å². The number of aliphatic imine (C=N–C) groups is 1. The van der Waals surface area contributed by atoms with Gasteiger partial charge in [0.15, 0.2) is 5.96 Å². The van der Waals surface area contributed by atoms with Crippen molar-refractivity contribution < 1.29 is 0 Å². The minimum Gasteiger partial charge on any atom is -0.370 e. The molecule has 2 rings (SSSR count). The van der Waals surface area contributed by atoms with Crippen LogP contribution in [-0.2, 0) is 0 Å². The molecule has 0 radical (unpaired) electrons. The Morgan fingerprint density at radius 1 is 1.21 bits per heavy atom. The summed E-state index contributed by atoms with van der Waals surface area (Å²) in [5.41, 5.74) is 6.10. The molecule has 0 spiro atoms. The Morgan fingerprint density at radius 3 is 2.63 bits per heavy atom. The molecule has 2 saturated heterocycles. The van der Waals surface area contributed by atoms with E-state index in [1.165, 1.54) is 45.3 Å². The summed E-state index contributed by atoms with van der Waals surface area (Å²) in [5, 5.41) is 0. The number of hydrogen-bond acceptors (Lipinski definition) is 2. The van der Waals surface area contributed by atoms with Gasteiger partial charge in [0.05, 0.1) is 0 Å². The van der Waals surface area contributed by atoms with Gasteiger partial charge < -0.3 is 15.5 Å². The summed E-state index contributed by atoms with van der Waals surface area (Å²) in [4.78, 5) is 9.46. The Hall–Kier alpha value is -0.770. The lowest BCUT2D eigenvalue weighted by Gasteiger charge is -2.27. The number of guanidine groups is 1. The van der Waals surface area contributed by atoms with Gasteiger partial charge in [-0.2, -0.15) is 0 Å². The minimum atomic E-state index is 0.710. The van der Waals surface area contributed by atoms with Crippen LogP contribution in [0.15, 0.2) is 4.99 Å². The average Bonchev–Trinajstić information content (AvgIpc) is 2.84. The maximum Gasteiger partial charge on any atom is 0.191 e. The fraction of sp³-hybridized carbons (Fsp3) is 0.933. The number of nitrogens with zero attached hydrogens (tertiary/aromatic N) is 3. The van der Waals surface area contributed by atoms with Crippen LogP contribution in [0.1, 0.15) is 39.5 Å². The second kappa shape index (κ2) is 7.13.